The summed E-state index contributed by atoms with van der Waals surface area (Å²) in [7, 11) is 0. The monoisotopic (exact) mass is 411 g/mol. The second-order valence-electron chi connectivity index (χ2n) is 6.20. The van der Waals surface area contributed by atoms with Gasteiger partial charge in [-0.15, -0.1) is 11.3 Å². The van der Waals surface area contributed by atoms with Crippen LogP contribution in [-0.4, -0.2) is 30.6 Å². The van der Waals surface area contributed by atoms with Crippen LogP contribution < -0.4 is 20.1 Å². The third kappa shape index (κ3) is 5.96. The number of carbonyl (C=O) groups excluding carboxylic acids is 1. The van der Waals surface area contributed by atoms with Gasteiger partial charge in [0.2, 0.25) is 0 Å². The zero-order chi connectivity index (χ0) is 20.5. The lowest BCUT2D eigenvalue weighted by Crippen LogP contribution is -2.25. The Labute approximate surface area is 174 Å². The molecule has 3 aromatic rings. The molecule has 0 saturated heterocycles. The van der Waals surface area contributed by atoms with E-state index in [9.17, 15) is 4.79 Å². The van der Waals surface area contributed by atoms with Crippen LogP contribution in [0.3, 0.4) is 0 Å². The van der Waals surface area contributed by atoms with Crippen LogP contribution in [0.15, 0.2) is 54.0 Å². The van der Waals surface area contributed by atoms with Crippen molar-refractivity contribution in [2.24, 2.45) is 0 Å². The molecule has 0 saturated carbocycles. The minimum Gasteiger partial charge on any atom is -0.490 e. The maximum Gasteiger partial charge on any atom is 0.251 e. The Morgan fingerprint density at radius 3 is 2.66 bits per heavy atom. The van der Waals surface area contributed by atoms with Crippen molar-refractivity contribution in [3.05, 3.63) is 65.2 Å². The van der Waals surface area contributed by atoms with Gasteiger partial charge in [0.05, 0.1) is 13.2 Å². The molecule has 152 valence electrons. The van der Waals surface area contributed by atoms with Gasteiger partial charge in [-0.3, -0.25) is 4.79 Å². The van der Waals surface area contributed by atoms with E-state index < -0.39 is 0 Å². The first-order valence-electron chi connectivity index (χ1n) is 9.63. The fraction of sp³-hybridized carbons (Fsp3) is 0.273. The Bertz CT molecular complexity index is 929. The van der Waals surface area contributed by atoms with Crippen LogP contribution in [0.5, 0.6) is 11.5 Å². The second kappa shape index (κ2) is 10.5. The van der Waals surface area contributed by atoms with E-state index in [1.165, 1.54) is 11.3 Å². The number of anilines is 2. The molecule has 2 aromatic carbocycles. The lowest BCUT2D eigenvalue weighted by atomic mass is 10.1. The van der Waals surface area contributed by atoms with Gasteiger partial charge in [-0.1, -0.05) is 12.1 Å². The molecule has 1 heterocycles. The predicted octanol–water partition coefficient (Wildman–Crippen LogP) is 4.66. The SMILES string of the molecule is CCOc1ccc(CCNC(=O)c2cccc(Nc3nccs3)c2)cc1OCC. The van der Waals surface area contributed by atoms with Crippen molar-refractivity contribution in [3.63, 3.8) is 0 Å². The van der Waals surface area contributed by atoms with Crippen LogP contribution in [0.1, 0.15) is 29.8 Å². The number of ether oxygens (including phenoxy) is 2. The van der Waals surface area contributed by atoms with Gasteiger partial charge >= 0.3 is 0 Å². The molecular formula is C22H25N3O3S. The number of benzene rings is 2. The van der Waals surface area contributed by atoms with Crippen LogP contribution in [0.2, 0.25) is 0 Å². The van der Waals surface area contributed by atoms with Crippen molar-refractivity contribution < 1.29 is 14.3 Å². The Morgan fingerprint density at radius 2 is 1.90 bits per heavy atom. The summed E-state index contributed by atoms with van der Waals surface area (Å²) in [5.74, 6) is 1.37. The number of hydrogen-bond donors (Lipinski definition) is 2. The van der Waals surface area contributed by atoms with Crippen molar-refractivity contribution in [2.45, 2.75) is 20.3 Å². The molecule has 2 N–H and O–H groups in total. The van der Waals surface area contributed by atoms with Crippen molar-refractivity contribution in [2.75, 3.05) is 25.1 Å². The lowest BCUT2D eigenvalue weighted by Gasteiger charge is -2.13. The highest BCUT2D eigenvalue weighted by Gasteiger charge is 2.09. The molecule has 0 aliphatic heterocycles. The Morgan fingerprint density at radius 1 is 1.07 bits per heavy atom. The average molecular weight is 412 g/mol. The van der Waals surface area contributed by atoms with Crippen LogP contribution >= 0.6 is 11.3 Å². The fourth-order valence-electron chi connectivity index (χ4n) is 2.82. The van der Waals surface area contributed by atoms with E-state index >= 15 is 0 Å². The Kier molecular flexibility index (Phi) is 7.47. The fourth-order valence-corrected chi connectivity index (χ4v) is 3.37. The van der Waals surface area contributed by atoms with Crippen molar-refractivity contribution in [1.82, 2.24) is 10.3 Å². The molecule has 0 aliphatic carbocycles. The zero-order valence-electron chi connectivity index (χ0n) is 16.6. The standard InChI is InChI=1S/C22H25N3O3S/c1-3-27-19-9-8-16(14-20(19)28-4-2)10-11-23-21(26)17-6-5-7-18(15-17)25-22-24-12-13-29-22/h5-9,12-15H,3-4,10-11H2,1-2H3,(H,23,26)(H,24,25). The number of aromatic nitrogens is 1. The molecule has 7 heteroatoms. The molecule has 0 unspecified atom stereocenters. The van der Waals surface area contributed by atoms with Gasteiger partial charge in [0.1, 0.15) is 0 Å². The number of hydrogen-bond acceptors (Lipinski definition) is 6. The zero-order valence-corrected chi connectivity index (χ0v) is 17.4. The van der Waals surface area contributed by atoms with E-state index in [1.54, 1.807) is 12.3 Å². The molecule has 0 spiro atoms. The lowest BCUT2D eigenvalue weighted by molar-refractivity contribution is 0.0954. The smallest absolute Gasteiger partial charge is 0.251 e. The number of rotatable bonds is 10. The van der Waals surface area contributed by atoms with E-state index in [0.717, 1.165) is 27.9 Å². The molecule has 0 fully saturated rings. The summed E-state index contributed by atoms with van der Waals surface area (Å²) in [5.41, 5.74) is 2.52. The highest BCUT2D eigenvalue weighted by atomic mass is 32.1. The van der Waals surface area contributed by atoms with E-state index in [-0.39, 0.29) is 5.91 Å². The van der Waals surface area contributed by atoms with Gasteiger partial charge in [-0.25, -0.2) is 4.98 Å². The Balaban J connectivity index is 1.56. The third-order valence-electron chi connectivity index (χ3n) is 4.12. The number of nitrogens with one attached hydrogen (secondary N) is 2. The average Bonchev–Trinajstić information content (AvgIpc) is 3.23. The van der Waals surface area contributed by atoms with Crippen LogP contribution in [-0.2, 0) is 6.42 Å². The van der Waals surface area contributed by atoms with E-state index in [1.807, 2.05) is 55.6 Å². The summed E-state index contributed by atoms with van der Waals surface area (Å²) >= 11 is 1.51. The maximum absolute atomic E-state index is 12.5. The molecule has 0 aliphatic rings. The summed E-state index contributed by atoms with van der Waals surface area (Å²) in [5, 5.41) is 8.86. The highest BCUT2D eigenvalue weighted by Crippen LogP contribution is 2.28. The molecule has 3 rings (SSSR count). The second-order valence-corrected chi connectivity index (χ2v) is 7.09. The van der Waals surface area contributed by atoms with Gasteiger partial charge < -0.3 is 20.1 Å². The largest absolute Gasteiger partial charge is 0.490 e. The summed E-state index contributed by atoms with van der Waals surface area (Å²) < 4.78 is 11.2. The van der Waals surface area contributed by atoms with E-state index in [4.69, 9.17) is 9.47 Å². The van der Waals surface area contributed by atoms with Gasteiger partial charge in [0, 0.05) is 29.4 Å². The third-order valence-corrected chi connectivity index (χ3v) is 4.80. The van der Waals surface area contributed by atoms with Crippen molar-refractivity contribution >= 4 is 28.1 Å². The van der Waals surface area contributed by atoms with E-state index in [0.29, 0.717) is 31.7 Å². The minimum atomic E-state index is -0.108. The predicted molar refractivity (Wildman–Crippen MR) is 117 cm³/mol. The number of nitrogens with zero attached hydrogens (tertiary/aromatic N) is 1. The van der Waals surface area contributed by atoms with Crippen LogP contribution in [0.4, 0.5) is 10.8 Å². The van der Waals surface area contributed by atoms with Gasteiger partial charge in [-0.2, -0.15) is 0 Å². The van der Waals surface area contributed by atoms with Crippen LogP contribution in [0, 0.1) is 0 Å². The normalized spacial score (nSPS) is 10.4. The number of thiazole rings is 1. The number of carbonyl (C=O) groups is 1. The first-order chi connectivity index (χ1) is 14.2. The first kappa shape index (κ1) is 20.7. The summed E-state index contributed by atoms with van der Waals surface area (Å²) in [4.78, 5) is 16.7. The molecule has 0 atom stereocenters. The number of amides is 1. The van der Waals surface area contributed by atoms with Crippen LogP contribution in [0.25, 0.3) is 0 Å². The summed E-state index contributed by atoms with van der Waals surface area (Å²) in [6.07, 6.45) is 2.44. The molecule has 1 amide bonds. The molecule has 29 heavy (non-hydrogen) atoms. The molecular weight excluding hydrogens is 386 g/mol. The van der Waals surface area contributed by atoms with Gasteiger partial charge in [-0.05, 0) is 56.2 Å². The minimum absolute atomic E-state index is 0.108. The van der Waals surface area contributed by atoms with Crippen molar-refractivity contribution in [1.29, 1.82) is 0 Å². The quantitative estimate of drug-likeness (QED) is 0.508. The summed E-state index contributed by atoms with van der Waals surface area (Å²) in [6.45, 7) is 5.58. The molecule has 0 radical (unpaired) electrons. The van der Waals surface area contributed by atoms with Gasteiger partial charge in [0.15, 0.2) is 16.6 Å². The molecule has 6 nitrogen and oxygen atoms in total. The van der Waals surface area contributed by atoms with E-state index in [2.05, 4.69) is 15.6 Å². The van der Waals surface area contributed by atoms with Gasteiger partial charge in [0.25, 0.3) is 5.91 Å². The van der Waals surface area contributed by atoms with Crippen molar-refractivity contribution in [3.8, 4) is 11.5 Å². The topological polar surface area (TPSA) is 72.5 Å². The molecule has 0 bridgehead atoms. The Hall–Kier alpha value is -3.06. The molecule has 1 aromatic heterocycles. The maximum atomic E-state index is 12.5. The summed E-state index contributed by atoms with van der Waals surface area (Å²) in [6, 6.07) is 13.3. The first-order valence-corrected chi connectivity index (χ1v) is 10.5. The highest BCUT2D eigenvalue weighted by molar-refractivity contribution is 7.13.